The monoisotopic (exact) mass is 419 g/mol. The molecule has 2 N–H and O–H groups in total. The molecule has 0 unspecified atom stereocenters. The Bertz CT molecular complexity index is 850. The number of carbonyl (C=O) groups excluding carboxylic acids is 4. The van der Waals surface area contributed by atoms with Crippen LogP contribution in [0.1, 0.15) is 59.4 Å². The highest BCUT2D eigenvalue weighted by molar-refractivity contribution is 6.09. The highest BCUT2D eigenvalue weighted by atomic mass is 16.5. The number of imide groups is 1. The fourth-order valence-corrected chi connectivity index (χ4v) is 4.11. The van der Waals surface area contributed by atoms with Crippen molar-refractivity contribution in [3.63, 3.8) is 0 Å². The van der Waals surface area contributed by atoms with Gasteiger partial charge in [-0.3, -0.25) is 19.3 Å². The van der Waals surface area contributed by atoms with Gasteiger partial charge in [0.05, 0.1) is 6.20 Å². The Morgan fingerprint density at radius 3 is 2.73 bits per heavy atom. The zero-order chi connectivity index (χ0) is 22.1. The maximum Gasteiger partial charge on any atom is 0.327 e. The van der Waals surface area contributed by atoms with Crippen LogP contribution < -0.4 is 10.6 Å². The molecule has 1 saturated heterocycles. The Hall–Kier alpha value is -2.91. The number of nitrogens with zero attached hydrogens (tertiary/aromatic N) is 3. The predicted octanol–water partition coefficient (Wildman–Crippen LogP) is 1.83. The largest absolute Gasteiger partial charge is 0.451 e. The van der Waals surface area contributed by atoms with E-state index in [1.165, 1.54) is 6.92 Å². The zero-order valence-corrected chi connectivity index (χ0v) is 17.8. The van der Waals surface area contributed by atoms with Crippen LogP contribution >= 0.6 is 0 Å². The minimum Gasteiger partial charge on any atom is -0.451 e. The van der Waals surface area contributed by atoms with Crippen molar-refractivity contribution in [2.24, 2.45) is 5.92 Å². The smallest absolute Gasteiger partial charge is 0.327 e. The molecule has 2 aliphatic rings. The first-order valence-electron chi connectivity index (χ1n) is 10.3. The SMILES string of the molecule is CC(C)n1nccc1NC(=O)[C@H](C)OC(=O)CN1C(=O)N[C@]2(CCCC[C@H]2C)C1=O. The summed E-state index contributed by atoms with van der Waals surface area (Å²) in [6.07, 6.45) is 3.72. The van der Waals surface area contributed by atoms with E-state index in [4.69, 9.17) is 4.74 Å². The molecule has 4 amide bonds. The third kappa shape index (κ3) is 4.03. The van der Waals surface area contributed by atoms with Crippen molar-refractivity contribution in [3.05, 3.63) is 12.3 Å². The molecule has 164 valence electrons. The fraction of sp³-hybridized carbons (Fsp3) is 0.650. The zero-order valence-electron chi connectivity index (χ0n) is 17.8. The summed E-state index contributed by atoms with van der Waals surface area (Å²) in [5.41, 5.74) is -0.937. The van der Waals surface area contributed by atoms with Gasteiger partial charge in [-0.1, -0.05) is 19.8 Å². The van der Waals surface area contributed by atoms with Crippen molar-refractivity contribution >= 4 is 29.6 Å². The van der Waals surface area contributed by atoms with Crippen molar-refractivity contribution in [3.8, 4) is 0 Å². The lowest BCUT2D eigenvalue weighted by Gasteiger charge is -2.36. The molecule has 2 heterocycles. The number of nitrogens with one attached hydrogen (secondary N) is 2. The molecule has 10 nitrogen and oxygen atoms in total. The average molecular weight is 419 g/mol. The van der Waals surface area contributed by atoms with E-state index in [0.717, 1.165) is 24.2 Å². The molecule has 2 fully saturated rings. The summed E-state index contributed by atoms with van der Waals surface area (Å²) < 4.78 is 6.80. The van der Waals surface area contributed by atoms with Crippen molar-refractivity contribution in [1.82, 2.24) is 20.0 Å². The summed E-state index contributed by atoms with van der Waals surface area (Å²) in [5.74, 6) is -1.26. The highest BCUT2D eigenvalue weighted by Crippen LogP contribution is 2.38. The Morgan fingerprint density at radius 2 is 2.07 bits per heavy atom. The van der Waals surface area contributed by atoms with Gasteiger partial charge in [-0.2, -0.15) is 5.10 Å². The second kappa shape index (κ2) is 8.45. The van der Waals surface area contributed by atoms with Crippen LogP contribution in [-0.4, -0.2) is 56.7 Å². The number of esters is 1. The molecule has 1 saturated carbocycles. The number of hydrogen-bond donors (Lipinski definition) is 2. The molecule has 0 radical (unpaired) electrons. The summed E-state index contributed by atoms with van der Waals surface area (Å²) in [4.78, 5) is 50.9. The number of carbonyl (C=O) groups is 4. The van der Waals surface area contributed by atoms with E-state index >= 15 is 0 Å². The first-order valence-corrected chi connectivity index (χ1v) is 10.3. The van der Waals surface area contributed by atoms with E-state index < -0.39 is 42.0 Å². The van der Waals surface area contributed by atoms with Crippen LogP contribution in [0, 0.1) is 5.92 Å². The molecule has 3 rings (SSSR count). The maximum atomic E-state index is 12.9. The molecule has 1 spiro atoms. The Kier molecular flexibility index (Phi) is 6.14. The molecule has 1 aliphatic heterocycles. The molecule has 1 aliphatic carbocycles. The first kappa shape index (κ1) is 21.8. The van der Waals surface area contributed by atoms with Crippen LogP contribution in [0.15, 0.2) is 12.3 Å². The number of ether oxygens (including phenoxy) is 1. The van der Waals surface area contributed by atoms with Gasteiger partial charge in [-0.25, -0.2) is 9.48 Å². The lowest BCUT2D eigenvalue weighted by molar-refractivity contribution is -0.155. The molecule has 30 heavy (non-hydrogen) atoms. The number of rotatable bonds is 6. The Morgan fingerprint density at radius 1 is 1.33 bits per heavy atom. The van der Waals surface area contributed by atoms with Gasteiger partial charge in [0, 0.05) is 12.1 Å². The van der Waals surface area contributed by atoms with Gasteiger partial charge in [0.1, 0.15) is 17.9 Å². The predicted molar refractivity (Wildman–Crippen MR) is 107 cm³/mol. The van der Waals surface area contributed by atoms with Gasteiger partial charge in [-0.05, 0) is 39.5 Å². The number of amides is 4. The van der Waals surface area contributed by atoms with Gasteiger partial charge in [0.15, 0.2) is 6.10 Å². The normalized spacial score (nSPS) is 24.8. The quantitative estimate of drug-likeness (QED) is 0.536. The summed E-state index contributed by atoms with van der Waals surface area (Å²) in [6, 6.07) is 1.09. The Labute approximate surface area is 175 Å². The van der Waals surface area contributed by atoms with Crippen LogP contribution in [0.2, 0.25) is 0 Å². The molecular formula is C20H29N5O5. The van der Waals surface area contributed by atoms with Crippen molar-refractivity contribution in [2.75, 3.05) is 11.9 Å². The van der Waals surface area contributed by atoms with Crippen LogP contribution in [-0.2, 0) is 19.1 Å². The number of aromatic nitrogens is 2. The summed E-state index contributed by atoms with van der Waals surface area (Å²) in [5, 5.41) is 9.58. The first-order chi connectivity index (χ1) is 14.2. The lowest BCUT2D eigenvalue weighted by Crippen LogP contribution is -2.54. The molecule has 1 aromatic rings. The fourth-order valence-electron chi connectivity index (χ4n) is 4.11. The average Bonchev–Trinajstić information content (AvgIpc) is 3.23. The summed E-state index contributed by atoms with van der Waals surface area (Å²) >= 11 is 0. The highest BCUT2D eigenvalue weighted by Gasteiger charge is 2.55. The van der Waals surface area contributed by atoms with E-state index in [0.29, 0.717) is 12.2 Å². The van der Waals surface area contributed by atoms with Gasteiger partial charge >= 0.3 is 12.0 Å². The van der Waals surface area contributed by atoms with Crippen molar-refractivity contribution < 1.29 is 23.9 Å². The second-order valence-corrected chi connectivity index (χ2v) is 8.32. The molecule has 1 aromatic heterocycles. The van der Waals surface area contributed by atoms with Gasteiger partial charge in [0.2, 0.25) is 0 Å². The Balaban J connectivity index is 1.58. The summed E-state index contributed by atoms with van der Waals surface area (Å²) in [7, 11) is 0. The molecule has 0 aromatic carbocycles. The standard InChI is InChI=1S/C20H29N5O5/c1-12(2)25-15(8-10-21-25)22-17(27)14(4)30-16(26)11-24-18(28)20(23-19(24)29)9-6-5-7-13(20)3/h8,10,12-14H,5-7,9,11H2,1-4H3,(H,22,27)(H,23,29)/t13-,14+,20+/m1/s1. The van der Waals surface area contributed by atoms with Crippen LogP contribution in [0.3, 0.4) is 0 Å². The maximum absolute atomic E-state index is 12.9. The summed E-state index contributed by atoms with van der Waals surface area (Å²) in [6.45, 7) is 6.68. The molecule has 10 heteroatoms. The van der Waals surface area contributed by atoms with Gasteiger partial charge in [0.25, 0.3) is 11.8 Å². The number of urea groups is 1. The van der Waals surface area contributed by atoms with Gasteiger partial charge in [-0.15, -0.1) is 0 Å². The minimum atomic E-state index is -1.10. The van der Waals surface area contributed by atoms with E-state index in [2.05, 4.69) is 15.7 Å². The topological polar surface area (TPSA) is 123 Å². The van der Waals surface area contributed by atoms with E-state index in [1.54, 1.807) is 16.9 Å². The van der Waals surface area contributed by atoms with Crippen molar-refractivity contribution in [2.45, 2.75) is 71.1 Å². The van der Waals surface area contributed by atoms with Gasteiger partial charge < -0.3 is 15.4 Å². The third-order valence-corrected chi connectivity index (χ3v) is 5.88. The third-order valence-electron chi connectivity index (χ3n) is 5.88. The second-order valence-electron chi connectivity index (χ2n) is 8.32. The van der Waals surface area contributed by atoms with Crippen LogP contribution in [0.5, 0.6) is 0 Å². The molecule has 3 atom stereocenters. The van der Waals surface area contributed by atoms with Crippen molar-refractivity contribution in [1.29, 1.82) is 0 Å². The molecular weight excluding hydrogens is 390 g/mol. The number of anilines is 1. The lowest BCUT2D eigenvalue weighted by atomic mass is 9.73. The minimum absolute atomic E-state index is 0.000713. The molecule has 0 bridgehead atoms. The van der Waals surface area contributed by atoms with E-state index in [1.807, 2.05) is 20.8 Å². The van der Waals surface area contributed by atoms with Crippen LogP contribution in [0.4, 0.5) is 10.6 Å². The van der Waals surface area contributed by atoms with E-state index in [9.17, 15) is 19.2 Å². The van der Waals surface area contributed by atoms with Crippen LogP contribution in [0.25, 0.3) is 0 Å². The number of hydrogen-bond acceptors (Lipinski definition) is 6. The van der Waals surface area contributed by atoms with E-state index in [-0.39, 0.29) is 12.0 Å².